The summed E-state index contributed by atoms with van der Waals surface area (Å²) in [7, 11) is 0. The van der Waals surface area contributed by atoms with Gasteiger partial charge in [0.05, 0.1) is 5.02 Å². The van der Waals surface area contributed by atoms with E-state index >= 15 is 0 Å². The molecule has 104 valence electrons. The van der Waals surface area contributed by atoms with Crippen LogP contribution in [0.5, 0.6) is 0 Å². The Hall–Kier alpha value is -1.87. The Morgan fingerprint density at radius 1 is 1.15 bits per heavy atom. The number of aromatic nitrogens is 2. The van der Waals surface area contributed by atoms with Gasteiger partial charge in [-0.15, -0.1) is 0 Å². The molecule has 0 aliphatic heterocycles. The monoisotopic (exact) mass is 290 g/mol. The van der Waals surface area contributed by atoms with E-state index in [4.69, 9.17) is 11.6 Å². The number of hydrogen-bond donors (Lipinski definition) is 0. The predicted octanol–water partition coefficient (Wildman–Crippen LogP) is 5.13. The molecule has 0 unspecified atom stereocenters. The first kappa shape index (κ1) is 14.5. The van der Waals surface area contributed by atoms with Crippen LogP contribution in [0.25, 0.3) is 16.8 Å². The summed E-state index contributed by atoms with van der Waals surface area (Å²) in [5.41, 5.74) is 2.37. The number of rotatable bonds is 1. The van der Waals surface area contributed by atoms with Gasteiger partial charge in [0.15, 0.2) is 0 Å². The van der Waals surface area contributed by atoms with Crippen molar-refractivity contribution >= 4 is 17.2 Å². The molecule has 0 spiro atoms. The Kier molecular flexibility index (Phi) is 4.40. The number of nitrogens with zero attached hydrogens (tertiary/aromatic N) is 2. The van der Waals surface area contributed by atoms with E-state index in [0.717, 1.165) is 0 Å². The average Bonchev–Trinajstić information content (AvgIpc) is 2.93. The third kappa shape index (κ3) is 2.41. The highest BCUT2D eigenvalue weighted by Gasteiger charge is 2.15. The van der Waals surface area contributed by atoms with Gasteiger partial charge in [-0.3, -0.25) is 0 Å². The van der Waals surface area contributed by atoms with Crippen molar-refractivity contribution in [3.63, 3.8) is 0 Å². The number of fused-ring (bicyclic) bond motifs is 1. The molecule has 0 saturated heterocycles. The molecule has 2 aromatic heterocycles. The van der Waals surface area contributed by atoms with Crippen LogP contribution in [0.4, 0.5) is 4.39 Å². The van der Waals surface area contributed by atoms with Crippen LogP contribution >= 0.6 is 11.6 Å². The van der Waals surface area contributed by atoms with Crippen LogP contribution in [0.1, 0.15) is 19.4 Å². The van der Waals surface area contributed by atoms with Gasteiger partial charge in [0.2, 0.25) is 0 Å². The van der Waals surface area contributed by atoms with Gasteiger partial charge >= 0.3 is 0 Å². The lowest BCUT2D eigenvalue weighted by atomic mass is 10.0. The second-order valence-electron chi connectivity index (χ2n) is 4.13. The van der Waals surface area contributed by atoms with Gasteiger partial charge in [-0.1, -0.05) is 43.6 Å². The minimum absolute atomic E-state index is 0.254. The Morgan fingerprint density at radius 2 is 1.90 bits per heavy atom. The summed E-state index contributed by atoms with van der Waals surface area (Å²) < 4.78 is 16.0. The fraction of sp³-hybridized carbons (Fsp3) is 0.188. The van der Waals surface area contributed by atoms with Crippen LogP contribution < -0.4 is 0 Å². The van der Waals surface area contributed by atoms with Gasteiger partial charge in [0, 0.05) is 29.7 Å². The molecule has 2 heterocycles. The predicted molar refractivity (Wildman–Crippen MR) is 81.7 cm³/mol. The van der Waals surface area contributed by atoms with Crippen molar-refractivity contribution in [1.82, 2.24) is 9.38 Å². The molecule has 0 aliphatic rings. The lowest BCUT2D eigenvalue weighted by molar-refractivity contribution is 0.622. The van der Waals surface area contributed by atoms with Crippen LogP contribution in [0, 0.1) is 12.7 Å². The van der Waals surface area contributed by atoms with E-state index in [0.29, 0.717) is 27.4 Å². The van der Waals surface area contributed by atoms with Gasteiger partial charge in [0.1, 0.15) is 11.5 Å². The maximum absolute atomic E-state index is 14.2. The summed E-state index contributed by atoms with van der Waals surface area (Å²) in [5, 5.41) is 0.498. The molecule has 0 aliphatic carbocycles. The third-order valence-electron chi connectivity index (χ3n) is 2.97. The number of aryl methyl sites for hydroxylation is 1. The number of benzene rings is 1. The summed E-state index contributed by atoms with van der Waals surface area (Å²) in [6.45, 7) is 5.73. The Bertz CT molecular complexity index is 734. The zero-order chi connectivity index (χ0) is 14.7. The lowest BCUT2D eigenvalue weighted by Crippen LogP contribution is -1.93. The summed E-state index contributed by atoms with van der Waals surface area (Å²) in [4.78, 5) is 4.24. The van der Waals surface area contributed by atoms with Crippen molar-refractivity contribution in [2.75, 3.05) is 0 Å². The van der Waals surface area contributed by atoms with Crippen molar-refractivity contribution in [3.8, 4) is 11.1 Å². The molecule has 0 bridgehead atoms. The first-order chi connectivity index (χ1) is 9.68. The minimum atomic E-state index is -0.254. The topological polar surface area (TPSA) is 17.3 Å². The van der Waals surface area contributed by atoms with Crippen molar-refractivity contribution in [1.29, 1.82) is 0 Å². The van der Waals surface area contributed by atoms with Gasteiger partial charge in [-0.25, -0.2) is 9.37 Å². The molecule has 0 N–H and O–H groups in total. The van der Waals surface area contributed by atoms with E-state index < -0.39 is 0 Å². The van der Waals surface area contributed by atoms with E-state index in [1.807, 2.05) is 36.7 Å². The highest BCUT2D eigenvalue weighted by Crippen LogP contribution is 2.33. The molecule has 3 rings (SSSR count). The number of hydrogen-bond acceptors (Lipinski definition) is 1. The van der Waals surface area contributed by atoms with Crippen LogP contribution in [-0.4, -0.2) is 9.38 Å². The van der Waals surface area contributed by atoms with Crippen molar-refractivity contribution in [2.24, 2.45) is 0 Å². The van der Waals surface area contributed by atoms with E-state index in [9.17, 15) is 4.39 Å². The van der Waals surface area contributed by atoms with Gasteiger partial charge < -0.3 is 4.40 Å². The zero-order valence-electron chi connectivity index (χ0n) is 11.7. The molecule has 3 aromatic rings. The minimum Gasteiger partial charge on any atom is -0.307 e. The Morgan fingerprint density at radius 3 is 2.65 bits per heavy atom. The van der Waals surface area contributed by atoms with Crippen LogP contribution in [0.2, 0.25) is 5.02 Å². The fourth-order valence-electron chi connectivity index (χ4n) is 2.05. The second-order valence-corrected chi connectivity index (χ2v) is 4.54. The quantitative estimate of drug-likeness (QED) is 0.607. The molecule has 0 fully saturated rings. The van der Waals surface area contributed by atoms with E-state index in [1.54, 1.807) is 31.3 Å². The molecule has 20 heavy (non-hydrogen) atoms. The average molecular weight is 291 g/mol. The van der Waals surface area contributed by atoms with E-state index in [2.05, 4.69) is 4.98 Å². The largest absolute Gasteiger partial charge is 0.307 e. The summed E-state index contributed by atoms with van der Waals surface area (Å²) >= 11 is 6.20. The van der Waals surface area contributed by atoms with Crippen molar-refractivity contribution < 1.29 is 4.39 Å². The molecule has 4 heteroatoms. The van der Waals surface area contributed by atoms with E-state index in [-0.39, 0.29) is 5.82 Å². The van der Waals surface area contributed by atoms with Crippen molar-refractivity contribution in [2.45, 2.75) is 20.8 Å². The smallest absolute Gasteiger partial charge is 0.146 e. The fourth-order valence-corrected chi connectivity index (χ4v) is 2.30. The SMILES string of the molecule is CC.Cc1cccc(-c2c(Cl)ccn3ccnc23)c1F. The summed E-state index contributed by atoms with van der Waals surface area (Å²) in [6, 6.07) is 7.01. The summed E-state index contributed by atoms with van der Waals surface area (Å²) in [6.07, 6.45) is 5.29. The van der Waals surface area contributed by atoms with Gasteiger partial charge in [-0.2, -0.15) is 0 Å². The highest BCUT2D eigenvalue weighted by molar-refractivity contribution is 6.34. The molecular formula is C16H16ClFN2. The van der Waals surface area contributed by atoms with Gasteiger partial charge in [-0.05, 0) is 18.6 Å². The molecule has 0 saturated carbocycles. The molecule has 0 atom stereocenters. The second kappa shape index (κ2) is 6.06. The van der Waals surface area contributed by atoms with Crippen LogP contribution in [-0.2, 0) is 0 Å². The maximum Gasteiger partial charge on any atom is 0.146 e. The number of pyridine rings is 1. The van der Waals surface area contributed by atoms with Crippen LogP contribution in [0.15, 0.2) is 42.9 Å². The Balaban J connectivity index is 0.000000704. The van der Waals surface area contributed by atoms with E-state index in [1.165, 1.54) is 0 Å². The zero-order valence-corrected chi connectivity index (χ0v) is 12.4. The summed E-state index contributed by atoms with van der Waals surface area (Å²) in [5.74, 6) is -0.254. The molecule has 1 aromatic carbocycles. The van der Waals surface area contributed by atoms with Gasteiger partial charge in [0.25, 0.3) is 0 Å². The number of halogens is 2. The molecule has 0 amide bonds. The third-order valence-corrected chi connectivity index (χ3v) is 3.29. The number of imidazole rings is 1. The first-order valence-corrected chi connectivity index (χ1v) is 6.93. The molecule has 2 nitrogen and oxygen atoms in total. The molecule has 0 radical (unpaired) electrons. The standard InChI is InChI=1S/C14H10ClFN2.C2H6/c1-9-3-2-4-10(13(9)16)12-11(15)5-7-18-8-6-17-14(12)18;1-2/h2-8H,1H3;1-2H3. The van der Waals surface area contributed by atoms with Crippen molar-refractivity contribution in [3.05, 3.63) is 59.3 Å². The molecular weight excluding hydrogens is 275 g/mol. The van der Waals surface area contributed by atoms with Crippen LogP contribution in [0.3, 0.4) is 0 Å². The first-order valence-electron chi connectivity index (χ1n) is 6.55. The Labute approximate surface area is 122 Å². The maximum atomic E-state index is 14.2. The lowest BCUT2D eigenvalue weighted by Gasteiger charge is -2.09. The normalized spacial score (nSPS) is 10.2. The highest BCUT2D eigenvalue weighted by atomic mass is 35.5.